The molecule has 0 bridgehead atoms. The van der Waals surface area contributed by atoms with E-state index >= 15 is 0 Å². The molecule has 8 nitrogen and oxygen atoms in total. The summed E-state index contributed by atoms with van der Waals surface area (Å²) in [5.74, 6) is -6.38. The fourth-order valence-electron chi connectivity index (χ4n) is 6.44. The highest BCUT2D eigenvalue weighted by atomic mass is 19.1. The molecular formula is C30H29FN2O6. The van der Waals surface area contributed by atoms with E-state index < -0.39 is 47.1 Å². The molecule has 39 heavy (non-hydrogen) atoms. The lowest BCUT2D eigenvalue weighted by Crippen LogP contribution is -2.54. The van der Waals surface area contributed by atoms with Gasteiger partial charge in [-0.3, -0.25) is 14.5 Å². The van der Waals surface area contributed by atoms with Gasteiger partial charge in [0.1, 0.15) is 0 Å². The van der Waals surface area contributed by atoms with Crippen LogP contribution in [0.2, 0.25) is 0 Å². The van der Waals surface area contributed by atoms with Crippen LogP contribution in [0.15, 0.2) is 72.8 Å². The van der Waals surface area contributed by atoms with Gasteiger partial charge in [0.25, 0.3) is 0 Å². The van der Waals surface area contributed by atoms with Gasteiger partial charge in [-0.15, -0.1) is 0 Å². The van der Waals surface area contributed by atoms with Crippen LogP contribution in [0, 0.1) is 29.5 Å². The molecule has 1 saturated carbocycles. The van der Waals surface area contributed by atoms with Crippen molar-refractivity contribution in [2.75, 3.05) is 23.9 Å². The second-order valence-electron chi connectivity index (χ2n) is 10.5. The third kappa shape index (κ3) is 4.27. The Labute approximate surface area is 225 Å². The van der Waals surface area contributed by atoms with Gasteiger partial charge >= 0.3 is 0 Å². The summed E-state index contributed by atoms with van der Waals surface area (Å²) in [5.41, 5.74) is 2.62. The quantitative estimate of drug-likeness (QED) is 0.401. The van der Waals surface area contributed by atoms with Crippen molar-refractivity contribution < 1.29 is 33.7 Å². The van der Waals surface area contributed by atoms with E-state index in [1.807, 2.05) is 42.5 Å². The van der Waals surface area contributed by atoms with Crippen molar-refractivity contribution >= 4 is 28.9 Å². The number of nitrogens with one attached hydrogen (secondary N) is 1. The number of rotatable bonds is 6. The van der Waals surface area contributed by atoms with Gasteiger partial charge in [-0.2, -0.15) is 0 Å². The van der Waals surface area contributed by atoms with Crippen molar-refractivity contribution in [1.29, 1.82) is 0 Å². The fraction of sp³-hybridized carbons (Fsp3) is 0.333. The number of fused-ring (bicyclic) bond motifs is 3. The molecule has 1 aliphatic carbocycles. The lowest BCUT2D eigenvalue weighted by molar-refractivity contribution is -0.275. The summed E-state index contributed by atoms with van der Waals surface area (Å²) in [6.45, 7) is 0.133. The summed E-state index contributed by atoms with van der Waals surface area (Å²) in [5, 5.41) is 24.7. The molecule has 6 rings (SSSR count). The molecule has 2 saturated heterocycles. The molecule has 0 aromatic heterocycles. The van der Waals surface area contributed by atoms with E-state index in [0.29, 0.717) is 11.3 Å². The Kier molecular flexibility index (Phi) is 6.37. The number of benzene rings is 3. The topological polar surface area (TPSA) is 108 Å². The number of carbonyl (C=O) groups is 2. The molecule has 0 unspecified atom stereocenters. The van der Waals surface area contributed by atoms with E-state index in [9.17, 15) is 24.2 Å². The number of carbonyl (C=O) groups excluding carboxylic acids is 2. The molecule has 2 amide bonds. The van der Waals surface area contributed by atoms with Gasteiger partial charge < -0.3 is 25.0 Å². The SMILES string of the molecule is COC[C@H]1C[C@@H]2C(=O)N(c3ccc(Nc4ccccc4)cc3)C(=O)[C@@H]2[C@@H]2C[C@@H](c3ccc(O)c(F)c3)O[C@]12O. The second-order valence-corrected chi connectivity index (χ2v) is 10.5. The maximum atomic E-state index is 14.1. The van der Waals surface area contributed by atoms with Gasteiger partial charge in [0.2, 0.25) is 11.8 Å². The Bertz CT molecular complexity index is 1400. The average molecular weight is 533 g/mol. The third-order valence-corrected chi connectivity index (χ3v) is 8.26. The molecular weight excluding hydrogens is 503 g/mol. The molecule has 2 heterocycles. The minimum Gasteiger partial charge on any atom is -0.505 e. The first-order chi connectivity index (χ1) is 18.8. The number of hydrogen-bond acceptors (Lipinski definition) is 7. The molecule has 0 radical (unpaired) electrons. The number of amides is 2. The molecule has 2 aliphatic heterocycles. The fourth-order valence-corrected chi connectivity index (χ4v) is 6.44. The van der Waals surface area contributed by atoms with Crippen LogP contribution in [0.5, 0.6) is 5.75 Å². The van der Waals surface area contributed by atoms with E-state index in [1.165, 1.54) is 30.2 Å². The Morgan fingerprint density at radius 2 is 1.74 bits per heavy atom. The number of para-hydroxylation sites is 1. The highest BCUT2D eigenvalue weighted by Gasteiger charge is 2.66. The van der Waals surface area contributed by atoms with Gasteiger partial charge in [-0.05, 0) is 66.9 Å². The van der Waals surface area contributed by atoms with Gasteiger partial charge in [-0.25, -0.2) is 4.39 Å². The Morgan fingerprint density at radius 1 is 1.03 bits per heavy atom. The van der Waals surface area contributed by atoms with Crippen LogP contribution in [-0.2, 0) is 19.1 Å². The molecule has 9 heteroatoms. The summed E-state index contributed by atoms with van der Waals surface area (Å²) in [6, 6.07) is 20.7. The minimum atomic E-state index is -1.73. The van der Waals surface area contributed by atoms with E-state index in [0.717, 1.165) is 11.4 Å². The summed E-state index contributed by atoms with van der Waals surface area (Å²) in [4.78, 5) is 28.7. The van der Waals surface area contributed by atoms with Crippen LogP contribution in [-0.4, -0.2) is 41.5 Å². The molecule has 3 fully saturated rings. The zero-order valence-electron chi connectivity index (χ0n) is 21.3. The zero-order chi connectivity index (χ0) is 27.3. The maximum Gasteiger partial charge on any atom is 0.238 e. The normalized spacial score (nSPS) is 29.8. The Morgan fingerprint density at radius 3 is 2.44 bits per heavy atom. The van der Waals surface area contributed by atoms with Gasteiger partial charge in [-0.1, -0.05) is 24.3 Å². The molecule has 6 atom stereocenters. The monoisotopic (exact) mass is 532 g/mol. The number of aliphatic hydroxyl groups is 1. The number of ether oxygens (including phenoxy) is 2. The first-order valence-electron chi connectivity index (χ1n) is 13.0. The second kappa shape index (κ2) is 9.75. The molecule has 3 aromatic rings. The van der Waals surface area contributed by atoms with Crippen molar-refractivity contribution in [3.8, 4) is 5.75 Å². The average Bonchev–Trinajstić information content (AvgIpc) is 3.41. The number of anilines is 3. The predicted octanol–water partition coefficient (Wildman–Crippen LogP) is 4.51. The van der Waals surface area contributed by atoms with Crippen molar-refractivity contribution in [3.05, 3.63) is 84.2 Å². The van der Waals surface area contributed by atoms with Crippen molar-refractivity contribution in [2.45, 2.75) is 24.7 Å². The van der Waals surface area contributed by atoms with Gasteiger partial charge in [0.05, 0.1) is 30.2 Å². The number of phenolic OH excluding ortho intramolecular Hbond substituents is 1. The van der Waals surface area contributed by atoms with Gasteiger partial charge in [0.15, 0.2) is 17.4 Å². The van der Waals surface area contributed by atoms with E-state index in [1.54, 1.807) is 12.1 Å². The van der Waals surface area contributed by atoms with Crippen LogP contribution in [0.25, 0.3) is 0 Å². The number of methoxy groups -OCH3 is 1. The molecule has 202 valence electrons. The van der Waals surface area contributed by atoms with Crippen molar-refractivity contribution in [3.63, 3.8) is 0 Å². The van der Waals surface area contributed by atoms with Crippen molar-refractivity contribution in [2.24, 2.45) is 23.7 Å². The number of phenols is 1. The number of halogens is 1. The van der Waals surface area contributed by atoms with Crippen LogP contribution in [0.1, 0.15) is 24.5 Å². The third-order valence-electron chi connectivity index (χ3n) is 8.26. The van der Waals surface area contributed by atoms with E-state index in [2.05, 4.69) is 5.32 Å². The Hall–Kier alpha value is -3.79. The first kappa shape index (κ1) is 25.5. The summed E-state index contributed by atoms with van der Waals surface area (Å²) < 4.78 is 25.6. The minimum absolute atomic E-state index is 0.133. The van der Waals surface area contributed by atoms with Crippen LogP contribution >= 0.6 is 0 Å². The largest absolute Gasteiger partial charge is 0.505 e. The zero-order valence-corrected chi connectivity index (χ0v) is 21.3. The number of aromatic hydroxyl groups is 1. The number of hydrogen-bond donors (Lipinski definition) is 3. The van der Waals surface area contributed by atoms with E-state index in [-0.39, 0.29) is 31.3 Å². The van der Waals surface area contributed by atoms with Crippen LogP contribution < -0.4 is 10.2 Å². The molecule has 3 aromatic carbocycles. The van der Waals surface area contributed by atoms with Crippen LogP contribution in [0.4, 0.5) is 21.5 Å². The highest BCUT2D eigenvalue weighted by molar-refractivity contribution is 6.22. The maximum absolute atomic E-state index is 14.1. The van der Waals surface area contributed by atoms with Gasteiger partial charge in [0, 0.05) is 30.3 Å². The molecule has 3 N–H and O–H groups in total. The summed E-state index contributed by atoms with van der Waals surface area (Å²) in [6.07, 6.45) is -0.278. The molecule has 3 aliphatic rings. The smallest absolute Gasteiger partial charge is 0.238 e. The van der Waals surface area contributed by atoms with E-state index in [4.69, 9.17) is 9.47 Å². The summed E-state index contributed by atoms with van der Waals surface area (Å²) >= 11 is 0. The van der Waals surface area contributed by atoms with Crippen molar-refractivity contribution in [1.82, 2.24) is 0 Å². The summed E-state index contributed by atoms with van der Waals surface area (Å²) in [7, 11) is 1.51. The number of imide groups is 1. The molecule has 0 spiro atoms. The predicted molar refractivity (Wildman–Crippen MR) is 141 cm³/mol. The Balaban J connectivity index is 1.29. The standard InChI is InChI=1S/C30H29FN2O6/c1-38-16-18-14-22-27(23-15-26(39-30(18,23)37)17-7-12-25(34)24(31)13-17)29(36)33(28(22)35)21-10-8-20(9-11-21)32-19-5-3-2-4-6-19/h2-13,18,22-23,26-27,32,34,37H,14-16H2,1H3/t18-,22+,23+,26+,27+,30-/m1/s1. The lowest BCUT2D eigenvalue weighted by Gasteiger charge is -2.44. The highest BCUT2D eigenvalue weighted by Crippen LogP contribution is 2.58. The first-order valence-corrected chi connectivity index (χ1v) is 13.0. The van der Waals surface area contributed by atoms with Crippen LogP contribution in [0.3, 0.4) is 0 Å². The lowest BCUT2D eigenvalue weighted by atomic mass is 9.64. The number of nitrogens with zero attached hydrogens (tertiary/aromatic N) is 1.